The highest BCUT2D eigenvalue weighted by atomic mass is 32.2. The van der Waals surface area contributed by atoms with Crippen molar-refractivity contribution in [3.63, 3.8) is 0 Å². The minimum atomic E-state index is -0.172. The second-order valence-corrected chi connectivity index (χ2v) is 17.2. The zero-order valence-electron chi connectivity index (χ0n) is 26.2. The average molecular weight is 579 g/mol. The van der Waals surface area contributed by atoms with E-state index in [1.165, 1.54) is 11.1 Å². The fourth-order valence-electron chi connectivity index (χ4n) is 4.71. The third-order valence-electron chi connectivity index (χ3n) is 7.30. The summed E-state index contributed by atoms with van der Waals surface area (Å²) >= 11 is 3.26. The van der Waals surface area contributed by atoms with Gasteiger partial charge in [0.15, 0.2) is 0 Å². The summed E-state index contributed by atoms with van der Waals surface area (Å²) in [6.07, 6.45) is 4.09. The van der Waals surface area contributed by atoms with Crippen LogP contribution in [-0.4, -0.2) is 10.2 Å². The highest BCUT2D eigenvalue weighted by Gasteiger charge is 2.30. The molecule has 2 aliphatic heterocycles. The molecule has 0 saturated carbocycles. The van der Waals surface area contributed by atoms with Crippen molar-refractivity contribution in [3.8, 4) is 11.5 Å². The van der Waals surface area contributed by atoms with Crippen LogP contribution >= 0.6 is 23.5 Å². The Balaban J connectivity index is 1.62. The van der Waals surface area contributed by atoms with Crippen molar-refractivity contribution in [1.29, 1.82) is 0 Å². The molecule has 0 atom stereocenters. The second-order valence-electron chi connectivity index (χ2n) is 15.1. The van der Waals surface area contributed by atoms with Crippen molar-refractivity contribution in [2.75, 3.05) is 0 Å². The van der Waals surface area contributed by atoms with Gasteiger partial charge in [-0.05, 0) is 57.1 Å². The van der Waals surface area contributed by atoms with Crippen LogP contribution in [0.3, 0.4) is 0 Å². The predicted molar refractivity (Wildman–Crippen MR) is 175 cm³/mol. The van der Waals surface area contributed by atoms with Crippen LogP contribution in [0.2, 0.25) is 0 Å². The van der Waals surface area contributed by atoms with Gasteiger partial charge in [-0.3, -0.25) is 0 Å². The Morgan fingerprint density at radius 3 is 1.12 bits per heavy atom. The summed E-state index contributed by atoms with van der Waals surface area (Å²) in [5, 5.41) is 33.5. The SMILES string of the molecule is CC(C)(C)c1cc(/C=C2\NC3=C(N/C(=C\c4cc(C(C)(C)C)cc(C(C)(C)C)c4O)S3)S2)c(O)c(C(C)(C)C)c1. The summed E-state index contributed by atoms with van der Waals surface area (Å²) in [5.74, 6) is 0.681. The Morgan fingerprint density at radius 2 is 0.850 bits per heavy atom. The molecule has 2 heterocycles. The van der Waals surface area contributed by atoms with Crippen molar-refractivity contribution in [2.45, 2.75) is 105 Å². The van der Waals surface area contributed by atoms with E-state index in [4.69, 9.17) is 0 Å². The smallest absolute Gasteiger partial charge is 0.126 e. The highest BCUT2D eigenvalue weighted by molar-refractivity contribution is 8.12. The van der Waals surface area contributed by atoms with Crippen molar-refractivity contribution in [3.05, 3.63) is 77.8 Å². The maximum atomic E-state index is 11.2. The number of phenolic OH excluding ortho intramolecular Hbond substituents is 2. The first-order valence-corrected chi connectivity index (χ1v) is 15.6. The zero-order chi connectivity index (χ0) is 30.0. The molecule has 4 N–H and O–H groups in total. The van der Waals surface area contributed by atoms with Gasteiger partial charge in [0.05, 0.1) is 10.1 Å². The number of nitrogens with one attached hydrogen (secondary N) is 2. The van der Waals surface area contributed by atoms with E-state index in [2.05, 4.69) is 118 Å². The van der Waals surface area contributed by atoms with Crippen molar-refractivity contribution >= 4 is 35.7 Å². The molecule has 2 aromatic carbocycles. The Morgan fingerprint density at radius 1 is 0.525 bits per heavy atom. The number of hydrogen-bond donors (Lipinski definition) is 4. The molecule has 0 fully saturated rings. The third kappa shape index (κ3) is 6.38. The lowest BCUT2D eigenvalue weighted by molar-refractivity contribution is 0.442. The molecule has 0 aromatic heterocycles. The van der Waals surface area contributed by atoms with Crippen LogP contribution in [-0.2, 0) is 21.7 Å². The van der Waals surface area contributed by atoms with Crippen LogP contribution in [0.5, 0.6) is 11.5 Å². The summed E-state index contributed by atoms with van der Waals surface area (Å²) < 4.78 is 0. The molecular formula is C34H46N2O2S2. The third-order valence-corrected chi connectivity index (χ3v) is 9.33. The maximum Gasteiger partial charge on any atom is 0.126 e. The molecule has 216 valence electrons. The molecule has 4 rings (SSSR count). The summed E-state index contributed by atoms with van der Waals surface area (Å²) in [4.78, 5) is 0. The lowest BCUT2D eigenvalue weighted by atomic mass is 9.79. The molecule has 0 radical (unpaired) electrons. The maximum absolute atomic E-state index is 11.2. The van der Waals surface area contributed by atoms with Gasteiger partial charge in [-0.25, -0.2) is 0 Å². The quantitative estimate of drug-likeness (QED) is 0.285. The van der Waals surface area contributed by atoms with Gasteiger partial charge < -0.3 is 20.8 Å². The number of benzene rings is 2. The molecule has 2 aliphatic rings. The van der Waals surface area contributed by atoms with E-state index < -0.39 is 0 Å². The molecule has 40 heavy (non-hydrogen) atoms. The summed E-state index contributed by atoms with van der Waals surface area (Å²) in [6, 6.07) is 8.50. The molecule has 6 heteroatoms. The number of hydrogen-bond acceptors (Lipinski definition) is 6. The summed E-state index contributed by atoms with van der Waals surface area (Å²) in [7, 11) is 0. The molecule has 2 aromatic rings. The van der Waals surface area contributed by atoms with E-state index in [0.29, 0.717) is 11.5 Å². The van der Waals surface area contributed by atoms with E-state index >= 15 is 0 Å². The Kier molecular flexibility index (Phi) is 7.73. The molecule has 0 bridgehead atoms. The van der Waals surface area contributed by atoms with Crippen molar-refractivity contribution in [2.24, 2.45) is 0 Å². The molecule has 0 saturated heterocycles. The monoisotopic (exact) mass is 578 g/mol. The number of rotatable bonds is 2. The van der Waals surface area contributed by atoms with Crippen LogP contribution in [0, 0.1) is 0 Å². The molecule has 0 spiro atoms. The van der Waals surface area contributed by atoms with Gasteiger partial charge >= 0.3 is 0 Å². The largest absolute Gasteiger partial charge is 0.507 e. The van der Waals surface area contributed by atoms with Crippen molar-refractivity contribution < 1.29 is 10.2 Å². The van der Waals surface area contributed by atoms with Crippen LogP contribution in [0.15, 0.2) is 44.4 Å². The highest BCUT2D eigenvalue weighted by Crippen LogP contribution is 2.48. The number of aromatic hydroxyl groups is 2. The van der Waals surface area contributed by atoms with Gasteiger partial charge in [0, 0.05) is 22.3 Å². The molecule has 4 nitrogen and oxygen atoms in total. The average Bonchev–Trinajstić information content (AvgIpc) is 3.31. The van der Waals surface area contributed by atoms with Crippen LogP contribution in [0.1, 0.15) is 116 Å². The standard InChI is InChI=1S/C34H46N2O2S2/c1-31(2,3)21-13-19(27(37)23(17-21)33(7,8)9)15-25-35-29-30(39-25)36-26(40-29)16-20-14-22(32(4,5)6)18-24(28(20)38)34(10,11)12/h13-18,35-38H,1-12H3/b25-15+,26-16+. The van der Waals surface area contributed by atoms with E-state index in [1.807, 2.05) is 12.2 Å². The molecule has 0 aliphatic carbocycles. The van der Waals surface area contributed by atoms with E-state index in [9.17, 15) is 10.2 Å². The zero-order valence-corrected chi connectivity index (χ0v) is 27.8. The van der Waals surface area contributed by atoms with Crippen LogP contribution in [0.4, 0.5) is 0 Å². The van der Waals surface area contributed by atoms with E-state index in [-0.39, 0.29) is 21.7 Å². The van der Waals surface area contributed by atoms with Crippen LogP contribution in [0.25, 0.3) is 12.2 Å². The topological polar surface area (TPSA) is 64.5 Å². The Labute approximate surface area is 249 Å². The Hall–Kier alpha value is -2.44. The lowest BCUT2D eigenvalue weighted by Gasteiger charge is -2.27. The van der Waals surface area contributed by atoms with E-state index in [0.717, 1.165) is 42.4 Å². The van der Waals surface area contributed by atoms with Crippen LogP contribution < -0.4 is 10.6 Å². The first kappa shape index (κ1) is 30.5. The fraction of sp³-hybridized carbons (Fsp3) is 0.471. The van der Waals surface area contributed by atoms with Crippen molar-refractivity contribution in [1.82, 2.24) is 10.6 Å². The van der Waals surface area contributed by atoms with Gasteiger partial charge in [0.25, 0.3) is 0 Å². The first-order valence-electron chi connectivity index (χ1n) is 14.0. The first-order chi connectivity index (χ1) is 18.1. The predicted octanol–water partition coefficient (Wildman–Crippen LogP) is 9.38. The number of phenols is 2. The second kappa shape index (κ2) is 10.1. The minimum absolute atomic E-state index is 0.0307. The summed E-state index contributed by atoms with van der Waals surface area (Å²) in [5.41, 5.74) is 5.57. The van der Waals surface area contributed by atoms with Gasteiger partial charge in [0.2, 0.25) is 0 Å². The molecular weight excluding hydrogens is 533 g/mol. The van der Waals surface area contributed by atoms with Gasteiger partial charge in [-0.1, -0.05) is 119 Å². The normalized spacial score (nSPS) is 18.4. The summed E-state index contributed by atoms with van der Waals surface area (Å²) in [6.45, 7) is 26.0. The fourth-order valence-corrected chi connectivity index (χ4v) is 6.82. The van der Waals surface area contributed by atoms with Gasteiger partial charge in [0.1, 0.15) is 21.6 Å². The molecule has 0 unspecified atom stereocenters. The molecule has 0 amide bonds. The number of thioether (sulfide) groups is 2. The van der Waals surface area contributed by atoms with Gasteiger partial charge in [-0.2, -0.15) is 0 Å². The lowest BCUT2D eigenvalue weighted by Crippen LogP contribution is -2.17. The van der Waals surface area contributed by atoms with Gasteiger partial charge in [-0.15, -0.1) is 0 Å². The van der Waals surface area contributed by atoms with E-state index in [1.54, 1.807) is 23.5 Å². The Bertz CT molecular complexity index is 1310. The minimum Gasteiger partial charge on any atom is -0.507 e.